The Labute approximate surface area is 196 Å². The number of aromatic nitrogens is 3. The van der Waals surface area contributed by atoms with E-state index in [4.69, 9.17) is 11.6 Å². The quantitative estimate of drug-likeness (QED) is 0.377. The first-order valence-corrected chi connectivity index (χ1v) is 13.3. The number of ketones is 1. The zero-order valence-corrected chi connectivity index (χ0v) is 19.8. The first-order chi connectivity index (χ1) is 15.3. The monoisotopic (exact) mass is 491 g/mol. The van der Waals surface area contributed by atoms with Gasteiger partial charge < -0.3 is 4.90 Å². The molecule has 0 saturated carbocycles. The number of nitrogens with zero attached hydrogens (tertiary/aromatic N) is 4. The number of sulfonamides is 1. The Hall–Kier alpha value is -2.56. The van der Waals surface area contributed by atoms with Crippen LogP contribution in [0.25, 0.3) is 5.69 Å². The summed E-state index contributed by atoms with van der Waals surface area (Å²) in [7, 11) is -3.37. The van der Waals surface area contributed by atoms with Crippen LogP contribution in [0.2, 0.25) is 5.02 Å². The van der Waals surface area contributed by atoms with Crippen LogP contribution in [-0.4, -0.2) is 54.1 Å². The SMILES string of the molecule is CS(=O)(=O)Nc1ccc(C(=O)CSc2nnc(N3CCCC3)n2-c2ccccc2Cl)cc1. The van der Waals surface area contributed by atoms with Crippen LogP contribution >= 0.6 is 23.4 Å². The normalized spacial score (nSPS) is 14.0. The largest absolute Gasteiger partial charge is 0.341 e. The number of benzene rings is 2. The Bertz CT molecular complexity index is 1220. The number of carbonyl (C=O) groups excluding carboxylic acids is 1. The van der Waals surface area contributed by atoms with Gasteiger partial charge in [0.15, 0.2) is 10.9 Å². The number of para-hydroxylation sites is 1. The lowest BCUT2D eigenvalue weighted by molar-refractivity contribution is 0.102. The van der Waals surface area contributed by atoms with E-state index in [0.29, 0.717) is 21.4 Å². The van der Waals surface area contributed by atoms with Crippen molar-refractivity contribution in [3.63, 3.8) is 0 Å². The summed E-state index contributed by atoms with van der Waals surface area (Å²) < 4.78 is 27.0. The highest BCUT2D eigenvalue weighted by Crippen LogP contribution is 2.32. The van der Waals surface area contributed by atoms with Gasteiger partial charge in [0, 0.05) is 24.3 Å². The molecule has 4 rings (SSSR count). The van der Waals surface area contributed by atoms with E-state index in [9.17, 15) is 13.2 Å². The number of carbonyl (C=O) groups is 1. The van der Waals surface area contributed by atoms with E-state index in [-0.39, 0.29) is 11.5 Å². The predicted octanol–water partition coefficient (Wildman–Crippen LogP) is 3.87. The van der Waals surface area contributed by atoms with Gasteiger partial charge in [-0.2, -0.15) is 0 Å². The molecule has 3 aromatic rings. The fraction of sp³-hybridized carbons (Fsp3) is 0.286. The Morgan fingerprint density at radius 1 is 1.09 bits per heavy atom. The second kappa shape index (κ2) is 9.51. The standard InChI is InChI=1S/C21H22ClN5O3S2/c1-32(29,30)25-16-10-8-15(9-11-16)19(28)14-31-21-24-23-20(26-12-4-5-13-26)27(21)18-7-3-2-6-17(18)22/h2-3,6-11,25H,4-5,12-14H2,1H3. The summed E-state index contributed by atoms with van der Waals surface area (Å²) in [4.78, 5) is 14.9. The molecule has 1 saturated heterocycles. The molecule has 8 nitrogen and oxygen atoms in total. The molecule has 32 heavy (non-hydrogen) atoms. The fourth-order valence-electron chi connectivity index (χ4n) is 3.47. The van der Waals surface area contributed by atoms with Gasteiger partial charge in [0.05, 0.1) is 22.7 Å². The van der Waals surface area contributed by atoms with Gasteiger partial charge in [-0.3, -0.25) is 14.1 Å². The molecule has 2 heterocycles. The van der Waals surface area contributed by atoms with Crippen molar-refractivity contribution in [3.05, 3.63) is 59.1 Å². The Balaban J connectivity index is 1.54. The second-order valence-electron chi connectivity index (χ2n) is 7.43. The molecule has 1 aromatic heterocycles. The molecule has 2 aromatic carbocycles. The van der Waals surface area contributed by atoms with Crippen LogP contribution in [-0.2, 0) is 10.0 Å². The fourth-order valence-corrected chi connectivity index (χ4v) is 5.09. The topological polar surface area (TPSA) is 97.2 Å². The molecule has 11 heteroatoms. The van der Waals surface area contributed by atoms with E-state index in [1.807, 2.05) is 28.8 Å². The summed E-state index contributed by atoms with van der Waals surface area (Å²) in [6.45, 7) is 1.81. The maximum atomic E-state index is 12.7. The van der Waals surface area contributed by atoms with Gasteiger partial charge >= 0.3 is 0 Å². The molecule has 1 aliphatic heterocycles. The Morgan fingerprint density at radius 2 is 1.78 bits per heavy atom. The first-order valence-electron chi connectivity index (χ1n) is 10.0. The summed E-state index contributed by atoms with van der Waals surface area (Å²) in [5, 5.41) is 9.91. The van der Waals surface area contributed by atoms with E-state index in [0.717, 1.165) is 43.8 Å². The minimum atomic E-state index is -3.37. The van der Waals surface area contributed by atoms with Crippen molar-refractivity contribution in [3.8, 4) is 5.69 Å². The van der Waals surface area contributed by atoms with Crippen molar-refractivity contribution in [2.45, 2.75) is 18.0 Å². The van der Waals surface area contributed by atoms with Gasteiger partial charge in [0.25, 0.3) is 0 Å². The number of hydrogen-bond acceptors (Lipinski definition) is 7. The average Bonchev–Trinajstić information content (AvgIpc) is 3.41. The van der Waals surface area contributed by atoms with E-state index in [1.165, 1.54) is 11.8 Å². The summed E-state index contributed by atoms with van der Waals surface area (Å²) in [6.07, 6.45) is 3.27. The zero-order chi connectivity index (χ0) is 22.7. The van der Waals surface area contributed by atoms with Crippen LogP contribution in [0, 0.1) is 0 Å². The molecule has 0 amide bonds. The molecular formula is C21H22ClN5O3S2. The molecule has 0 unspecified atom stereocenters. The lowest BCUT2D eigenvalue weighted by Crippen LogP contribution is -2.22. The van der Waals surface area contributed by atoms with Gasteiger partial charge in [0.2, 0.25) is 16.0 Å². The van der Waals surface area contributed by atoms with Crippen LogP contribution in [0.15, 0.2) is 53.7 Å². The smallest absolute Gasteiger partial charge is 0.232 e. The third kappa shape index (κ3) is 5.25. The zero-order valence-electron chi connectivity index (χ0n) is 17.4. The maximum absolute atomic E-state index is 12.7. The number of thioether (sulfide) groups is 1. The second-order valence-corrected chi connectivity index (χ2v) is 10.5. The van der Waals surface area contributed by atoms with Crippen LogP contribution < -0.4 is 9.62 Å². The van der Waals surface area contributed by atoms with Gasteiger partial charge in [-0.25, -0.2) is 8.42 Å². The number of anilines is 2. The van der Waals surface area contributed by atoms with Crippen LogP contribution in [0.4, 0.5) is 11.6 Å². The number of halogens is 1. The van der Waals surface area contributed by atoms with E-state index in [2.05, 4.69) is 19.8 Å². The van der Waals surface area contributed by atoms with Crippen molar-refractivity contribution in [1.29, 1.82) is 0 Å². The predicted molar refractivity (Wildman–Crippen MR) is 128 cm³/mol. The minimum Gasteiger partial charge on any atom is -0.341 e. The average molecular weight is 492 g/mol. The maximum Gasteiger partial charge on any atom is 0.232 e. The molecule has 1 N–H and O–H groups in total. The van der Waals surface area contributed by atoms with Crippen molar-refractivity contribution in [2.24, 2.45) is 0 Å². The summed E-state index contributed by atoms with van der Waals surface area (Å²) in [5.74, 6) is 0.778. The molecule has 1 fully saturated rings. The molecule has 0 radical (unpaired) electrons. The van der Waals surface area contributed by atoms with Crippen molar-refractivity contribution in [1.82, 2.24) is 14.8 Å². The molecule has 168 valence electrons. The van der Waals surface area contributed by atoms with Gasteiger partial charge in [0.1, 0.15) is 0 Å². The number of hydrogen-bond donors (Lipinski definition) is 1. The van der Waals surface area contributed by atoms with Gasteiger partial charge in [-0.15, -0.1) is 10.2 Å². The lowest BCUT2D eigenvalue weighted by Gasteiger charge is -2.19. The molecule has 1 aliphatic rings. The van der Waals surface area contributed by atoms with Crippen molar-refractivity contribution >= 4 is 50.8 Å². The number of rotatable bonds is 8. The van der Waals surface area contributed by atoms with E-state index in [1.54, 1.807) is 24.3 Å². The Kier molecular flexibility index (Phi) is 6.73. The third-order valence-corrected chi connectivity index (χ3v) is 6.80. The highest BCUT2D eigenvalue weighted by Gasteiger charge is 2.24. The van der Waals surface area contributed by atoms with Gasteiger partial charge in [-0.05, 0) is 49.2 Å². The van der Waals surface area contributed by atoms with Crippen molar-refractivity contribution in [2.75, 3.05) is 34.7 Å². The summed E-state index contributed by atoms with van der Waals surface area (Å²) in [5.41, 5.74) is 1.66. The molecular weight excluding hydrogens is 470 g/mol. The van der Waals surface area contributed by atoms with Crippen molar-refractivity contribution < 1.29 is 13.2 Å². The highest BCUT2D eigenvalue weighted by molar-refractivity contribution is 7.99. The highest BCUT2D eigenvalue weighted by atomic mass is 35.5. The van der Waals surface area contributed by atoms with E-state index >= 15 is 0 Å². The Morgan fingerprint density at radius 3 is 2.44 bits per heavy atom. The third-order valence-electron chi connectivity index (χ3n) is 4.94. The van der Waals surface area contributed by atoms with Gasteiger partial charge in [-0.1, -0.05) is 35.5 Å². The van der Waals surface area contributed by atoms with Crippen LogP contribution in [0.3, 0.4) is 0 Å². The number of Topliss-reactive ketones (excluding diaryl/α,β-unsaturated/α-hetero) is 1. The first kappa shape index (κ1) is 22.6. The number of nitrogens with one attached hydrogen (secondary N) is 1. The molecule has 0 spiro atoms. The summed E-state index contributed by atoms with van der Waals surface area (Å²) >= 11 is 7.76. The molecule has 0 atom stereocenters. The molecule has 0 aliphatic carbocycles. The molecule has 0 bridgehead atoms. The summed E-state index contributed by atoms with van der Waals surface area (Å²) in [6, 6.07) is 13.8. The van der Waals surface area contributed by atoms with Crippen LogP contribution in [0.1, 0.15) is 23.2 Å². The lowest BCUT2D eigenvalue weighted by atomic mass is 10.1. The van der Waals surface area contributed by atoms with E-state index < -0.39 is 10.0 Å². The van der Waals surface area contributed by atoms with Crippen LogP contribution in [0.5, 0.6) is 0 Å². The minimum absolute atomic E-state index is 0.0997.